The molecule has 0 bridgehead atoms. The number of fused-ring (bicyclic) bond motifs is 4. The Bertz CT molecular complexity index is 2910. The molecule has 10 rings (SSSR count). The van der Waals surface area contributed by atoms with Crippen molar-refractivity contribution in [3.63, 3.8) is 0 Å². The Kier molecular flexibility index (Phi) is 17.7. The van der Waals surface area contributed by atoms with Crippen LogP contribution in [0.4, 0.5) is 22.7 Å². The van der Waals surface area contributed by atoms with E-state index >= 15 is 0 Å². The van der Waals surface area contributed by atoms with Gasteiger partial charge in [0.05, 0.1) is 22.1 Å². The maximum atomic E-state index is 14.1. The number of carbonyl (C=O) groups excluding carboxylic acids is 2. The third kappa shape index (κ3) is 13.0. The first-order chi connectivity index (χ1) is 37.1. The first-order valence-electron chi connectivity index (χ1n) is 26.9. The molecular weight excluding hydrogens is 1030 g/mol. The molecular formula is C60H64Cl4N10O2. The third-order valence-corrected chi connectivity index (χ3v) is 16.1. The number of halogens is 4. The minimum Gasteiger partial charge on any atom is -0.367 e. The van der Waals surface area contributed by atoms with E-state index < -0.39 is 0 Å². The lowest BCUT2D eigenvalue weighted by Crippen LogP contribution is -2.40. The highest BCUT2D eigenvalue weighted by Crippen LogP contribution is 2.33. The van der Waals surface area contributed by atoms with Gasteiger partial charge in [-0.15, -0.1) is 0 Å². The van der Waals surface area contributed by atoms with E-state index in [2.05, 4.69) is 73.6 Å². The summed E-state index contributed by atoms with van der Waals surface area (Å²) in [7, 11) is 0. The van der Waals surface area contributed by atoms with Crippen LogP contribution in [0.15, 0.2) is 122 Å². The molecule has 394 valence electrons. The molecule has 0 N–H and O–H groups in total. The molecule has 4 aromatic heterocycles. The summed E-state index contributed by atoms with van der Waals surface area (Å²) in [6.07, 6.45) is 16.6. The second-order valence-electron chi connectivity index (χ2n) is 20.0. The van der Waals surface area contributed by atoms with E-state index in [1.165, 1.54) is 0 Å². The van der Waals surface area contributed by atoms with Crippen molar-refractivity contribution in [2.24, 2.45) is 0 Å². The smallest absolute Gasteiger partial charge is 0.222 e. The molecule has 0 aliphatic carbocycles. The monoisotopic (exact) mass is 1100 g/mol. The molecule has 16 heteroatoms. The lowest BCUT2D eigenvalue weighted by molar-refractivity contribution is -0.131. The van der Waals surface area contributed by atoms with E-state index in [4.69, 9.17) is 46.4 Å². The molecule has 2 fully saturated rings. The van der Waals surface area contributed by atoms with Crippen LogP contribution in [0.5, 0.6) is 0 Å². The zero-order chi connectivity index (χ0) is 52.4. The number of amides is 2. The Hall–Kier alpha value is -6.18. The van der Waals surface area contributed by atoms with Gasteiger partial charge in [0.15, 0.2) is 0 Å². The van der Waals surface area contributed by atoms with Gasteiger partial charge in [-0.3, -0.25) is 29.5 Å². The molecule has 2 saturated heterocycles. The quantitative estimate of drug-likeness (QED) is 0.0922. The minimum atomic E-state index is 0.202. The number of rotatable bonds is 15. The van der Waals surface area contributed by atoms with Crippen molar-refractivity contribution < 1.29 is 9.59 Å². The molecule has 0 saturated carbocycles. The molecule has 12 nitrogen and oxygen atoms in total. The van der Waals surface area contributed by atoms with Crippen molar-refractivity contribution in [3.05, 3.63) is 142 Å². The maximum absolute atomic E-state index is 14.1. The Labute approximate surface area is 465 Å². The Balaban J connectivity index is 0.708. The number of anilines is 4. The molecule has 6 heterocycles. The first-order valence-corrected chi connectivity index (χ1v) is 28.4. The standard InChI is InChI=1S/C60H64Cl4N10O2/c61-43-11-15-47-51(39-43)65-23-19-55(47)69-27-28-70(56-20-24-66-52-40-44(62)12-16-48(52)56)32-36-73(35-31-69)59(75)9-7-5-3-1-2-4-6-8-10-60(76)74-37-33-71(57-21-25-67-53-41-45(63)13-17-49(53)57)29-30-72(34-38-74)58-22-26-68-54-42-46(64)14-18-50(54)58/h11-26,39-42H,1-10,27-38H2. The zero-order valence-corrected chi connectivity index (χ0v) is 45.9. The zero-order valence-electron chi connectivity index (χ0n) is 42.9. The SMILES string of the molecule is O=C(CCCCCCCCCCC(=O)N1CCN(c2ccnc3cc(Cl)ccc23)CCN(c2ccnc3cc(Cl)ccc23)CC1)N1CCN(c2ccnc3cc(Cl)ccc23)CCN(c2ccnc3cc(Cl)ccc23)CC1. The van der Waals surface area contributed by atoms with Crippen LogP contribution in [0.2, 0.25) is 20.1 Å². The molecule has 0 radical (unpaired) electrons. The lowest BCUT2D eigenvalue weighted by atomic mass is 10.1. The molecule has 4 aromatic carbocycles. The van der Waals surface area contributed by atoms with Gasteiger partial charge in [0.1, 0.15) is 0 Å². The molecule has 2 aliphatic heterocycles. The Morgan fingerprint density at radius 1 is 0.329 bits per heavy atom. The van der Waals surface area contributed by atoms with E-state index in [0.717, 1.165) is 144 Å². The van der Waals surface area contributed by atoms with Gasteiger partial charge >= 0.3 is 0 Å². The van der Waals surface area contributed by atoms with Gasteiger partial charge < -0.3 is 29.4 Å². The second kappa shape index (κ2) is 25.3. The van der Waals surface area contributed by atoms with Crippen molar-refractivity contribution in [1.82, 2.24) is 29.7 Å². The molecule has 2 aliphatic rings. The van der Waals surface area contributed by atoms with Crippen molar-refractivity contribution in [1.29, 1.82) is 0 Å². The highest BCUT2D eigenvalue weighted by molar-refractivity contribution is 6.32. The van der Waals surface area contributed by atoms with Crippen LogP contribution in [0.3, 0.4) is 0 Å². The van der Waals surface area contributed by atoms with E-state index in [1.807, 2.05) is 97.6 Å². The maximum Gasteiger partial charge on any atom is 0.222 e. The van der Waals surface area contributed by atoms with Gasteiger partial charge in [-0.2, -0.15) is 0 Å². The number of pyridine rings is 4. The molecule has 0 unspecified atom stereocenters. The van der Waals surface area contributed by atoms with E-state index in [1.54, 1.807) is 0 Å². The van der Waals surface area contributed by atoms with Crippen molar-refractivity contribution in [3.8, 4) is 0 Å². The fourth-order valence-corrected chi connectivity index (χ4v) is 11.7. The molecule has 2 amide bonds. The Morgan fingerprint density at radius 2 is 0.566 bits per heavy atom. The number of carbonyl (C=O) groups is 2. The molecule has 76 heavy (non-hydrogen) atoms. The van der Waals surface area contributed by atoms with E-state index in [0.29, 0.717) is 85.3 Å². The summed E-state index contributed by atoms with van der Waals surface area (Å²) >= 11 is 25.5. The molecule has 0 atom stereocenters. The van der Waals surface area contributed by atoms with Crippen LogP contribution < -0.4 is 19.6 Å². The summed E-state index contributed by atoms with van der Waals surface area (Å²) in [5, 5.41) is 6.77. The molecule has 0 spiro atoms. The van der Waals surface area contributed by atoms with E-state index in [-0.39, 0.29) is 11.8 Å². The van der Waals surface area contributed by atoms with Crippen LogP contribution in [0.25, 0.3) is 43.6 Å². The first kappa shape index (κ1) is 53.2. The van der Waals surface area contributed by atoms with Crippen LogP contribution in [0.1, 0.15) is 64.2 Å². The van der Waals surface area contributed by atoms with E-state index in [9.17, 15) is 9.59 Å². The largest absolute Gasteiger partial charge is 0.367 e. The van der Waals surface area contributed by atoms with Crippen molar-refractivity contribution in [2.45, 2.75) is 64.2 Å². The minimum absolute atomic E-state index is 0.202. The highest BCUT2D eigenvalue weighted by atomic mass is 35.5. The predicted octanol–water partition coefficient (Wildman–Crippen LogP) is 13.4. The Morgan fingerprint density at radius 3 is 0.829 bits per heavy atom. The third-order valence-electron chi connectivity index (χ3n) is 15.2. The predicted molar refractivity (Wildman–Crippen MR) is 315 cm³/mol. The summed E-state index contributed by atoms with van der Waals surface area (Å²) in [5.41, 5.74) is 7.74. The average molecular weight is 1100 g/mol. The summed E-state index contributed by atoms with van der Waals surface area (Å²) in [6, 6.07) is 31.7. The number of unbranched alkanes of at least 4 members (excludes halogenated alkanes) is 7. The summed E-state index contributed by atoms with van der Waals surface area (Å²) in [5.74, 6) is 0.403. The van der Waals surface area contributed by atoms with Gasteiger partial charge in [-0.25, -0.2) is 0 Å². The van der Waals surface area contributed by atoms with Gasteiger partial charge in [0, 0.05) is 181 Å². The van der Waals surface area contributed by atoms with Crippen molar-refractivity contribution >= 4 is 125 Å². The summed E-state index contributed by atoms with van der Waals surface area (Å²) in [6.45, 7) is 8.39. The number of benzene rings is 4. The lowest BCUT2D eigenvalue weighted by Gasteiger charge is -2.30. The van der Waals surface area contributed by atoms with Gasteiger partial charge in [0.2, 0.25) is 11.8 Å². The number of hydrogen-bond acceptors (Lipinski definition) is 10. The molecule has 8 aromatic rings. The summed E-state index contributed by atoms with van der Waals surface area (Å²) < 4.78 is 0. The van der Waals surface area contributed by atoms with Crippen LogP contribution in [-0.2, 0) is 9.59 Å². The van der Waals surface area contributed by atoms with Crippen LogP contribution in [-0.4, -0.2) is 120 Å². The number of nitrogens with zero attached hydrogens (tertiary/aromatic N) is 10. The topological polar surface area (TPSA) is 105 Å². The van der Waals surface area contributed by atoms with Gasteiger partial charge in [0.25, 0.3) is 0 Å². The van der Waals surface area contributed by atoms with Crippen LogP contribution >= 0.6 is 46.4 Å². The number of hydrogen-bond donors (Lipinski definition) is 0. The van der Waals surface area contributed by atoms with Gasteiger partial charge in [-0.05, 0) is 110 Å². The normalized spacial score (nSPS) is 15.2. The van der Waals surface area contributed by atoms with Gasteiger partial charge in [-0.1, -0.05) is 84.9 Å². The highest BCUT2D eigenvalue weighted by Gasteiger charge is 2.25. The second-order valence-corrected chi connectivity index (χ2v) is 21.8. The fourth-order valence-electron chi connectivity index (χ4n) is 11.0. The number of aromatic nitrogens is 4. The fraction of sp³-hybridized carbons (Fsp3) is 0.367. The average Bonchev–Trinajstić information content (AvgIpc) is 3.61. The van der Waals surface area contributed by atoms with Crippen LogP contribution in [0, 0.1) is 0 Å². The van der Waals surface area contributed by atoms with Crippen molar-refractivity contribution in [2.75, 3.05) is 98.1 Å². The summed E-state index contributed by atoms with van der Waals surface area (Å²) in [4.78, 5) is 60.2.